The van der Waals surface area contributed by atoms with Crippen molar-refractivity contribution in [3.05, 3.63) is 72.1 Å². The topological polar surface area (TPSA) is 70.3 Å². The number of halogens is 2. The van der Waals surface area contributed by atoms with E-state index in [9.17, 15) is 9.59 Å². The Morgan fingerprint density at radius 3 is 1.34 bits per heavy atom. The van der Waals surface area contributed by atoms with E-state index < -0.39 is 0 Å². The molecule has 3 rings (SSSR count). The van der Waals surface area contributed by atoms with E-state index in [0.29, 0.717) is 0 Å². The first kappa shape index (κ1) is 28.3. The molecule has 2 amide bonds. The van der Waals surface area contributed by atoms with Crippen LogP contribution >= 0.6 is 20.2 Å². The van der Waals surface area contributed by atoms with E-state index in [1.165, 1.54) is 13.8 Å². The summed E-state index contributed by atoms with van der Waals surface area (Å²) in [5, 5.41) is 0. The molecule has 0 bridgehead atoms. The predicted octanol–water partition coefficient (Wildman–Crippen LogP) is 5.87. The van der Waals surface area contributed by atoms with Crippen molar-refractivity contribution in [3.8, 4) is 0 Å². The number of aromatic nitrogens is 1. The molecular weight excluding hydrogens is 529 g/mol. The number of amides is 2. The fraction of sp³-hybridized carbons (Fsp3) is 0.200. The van der Waals surface area contributed by atoms with Crippen molar-refractivity contribution in [1.29, 1.82) is 0 Å². The summed E-state index contributed by atoms with van der Waals surface area (Å²) in [4.78, 5) is 35.2. The van der Waals surface area contributed by atoms with Gasteiger partial charge in [0.05, 0.1) is 35.2 Å². The van der Waals surface area contributed by atoms with E-state index in [1.54, 1.807) is 36.3 Å². The van der Waals surface area contributed by atoms with E-state index in [4.69, 9.17) is 20.2 Å². The summed E-state index contributed by atoms with van der Waals surface area (Å²) in [6, 6.07) is 19.0. The van der Waals surface area contributed by atoms with Crippen LogP contribution in [0.15, 0.2) is 70.6 Å². The summed E-state index contributed by atoms with van der Waals surface area (Å²) in [7, 11) is 15.0. The van der Waals surface area contributed by atoms with Crippen LogP contribution in [0.2, 0.25) is 0 Å². The van der Waals surface area contributed by atoms with Crippen molar-refractivity contribution in [2.24, 2.45) is 17.0 Å². The zero-order valence-electron chi connectivity index (χ0n) is 20.1. The molecule has 0 unspecified atom stereocenters. The molecule has 186 valence electrons. The molecule has 10 heteroatoms. The number of carbonyl (C=O) groups excluding carboxylic acids is 2. The minimum absolute atomic E-state index is 0.0152. The molecule has 0 aliphatic carbocycles. The van der Waals surface area contributed by atoms with Crippen LogP contribution in [0.1, 0.15) is 25.2 Å². The molecule has 1 heterocycles. The van der Waals surface area contributed by atoms with E-state index in [-0.39, 0.29) is 24.9 Å². The number of carbonyl (C=O) groups is 2. The van der Waals surface area contributed by atoms with Crippen molar-refractivity contribution in [3.63, 3.8) is 0 Å². The van der Waals surface area contributed by atoms with E-state index in [0.717, 1.165) is 34.1 Å². The third kappa shape index (κ3) is 8.37. The van der Waals surface area contributed by atoms with Gasteiger partial charge >= 0.3 is 33.3 Å². The first-order valence-corrected chi connectivity index (χ1v) is 13.5. The molecule has 0 saturated carbocycles. The van der Waals surface area contributed by atoms with Crippen LogP contribution in [0.5, 0.6) is 0 Å². The van der Waals surface area contributed by atoms with Gasteiger partial charge in [0.15, 0.2) is 0 Å². The van der Waals surface area contributed by atoms with Gasteiger partial charge in [0.2, 0.25) is 11.8 Å². The van der Waals surface area contributed by atoms with Crippen LogP contribution in [0.25, 0.3) is 0 Å². The normalized spacial score (nSPS) is 10.9. The van der Waals surface area contributed by atoms with Crippen LogP contribution < -0.4 is 9.80 Å². The molecule has 0 N–H and O–H groups in total. The van der Waals surface area contributed by atoms with E-state index in [2.05, 4.69) is 9.98 Å². The van der Waals surface area contributed by atoms with Crippen LogP contribution in [-0.2, 0) is 29.8 Å². The number of benzene rings is 2. The third-order valence-electron chi connectivity index (χ3n) is 5.31. The van der Waals surface area contributed by atoms with Crippen molar-refractivity contribution in [1.82, 2.24) is 4.57 Å². The number of hydrogen-bond donors (Lipinski definition) is 0. The fourth-order valence-corrected chi connectivity index (χ4v) is 2.97. The first-order valence-electron chi connectivity index (χ1n) is 10.5. The van der Waals surface area contributed by atoms with Gasteiger partial charge in [0, 0.05) is 46.4 Å². The van der Waals surface area contributed by atoms with Crippen molar-refractivity contribution in [2.75, 3.05) is 23.9 Å². The molecule has 2 aromatic carbocycles. The van der Waals surface area contributed by atoms with Crippen LogP contribution in [0.3, 0.4) is 0 Å². The maximum absolute atomic E-state index is 11.5. The molecule has 1 aromatic heterocycles. The number of anilines is 2. The predicted molar refractivity (Wildman–Crippen MR) is 143 cm³/mol. The molecular formula is C25H27Cl2FeN5O2. The molecule has 0 spiro atoms. The SMILES string of the molecule is CC(=O)N(C)c1ccc(N=Cc2ccc(C=Nc3ccc(N(C)C(C)=O)cc3)n2C)cc1.[Cl][Fe][Cl]. The zero-order chi connectivity index (χ0) is 26.0. The Morgan fingerprint density at radius 1 is 0.743 bits per heavy atom. The number of rotatable bonds is 6. The van der Waals surface area contributed by atoms with Gasteiger partial charge in [-0.05, 0) is 60.7 Å². The average molecular weight is 556 g/mol. The molecule has 0 atom stereocenters. The van der Waals surface area contributed by atoms with Crippen molar-refractivity contribution in [2.45, 2.75) is 13.8 Å². The molecule has 3 aromatic rings. The van der Waals surface area contributed by atoms with Gasteiger partial charge in [-0.1, -0.05) is 0 Å². The van der Waals surface area contributed by atoms with Crippen molar-refractivity contribution >= 4 is 67.2 Å². The summed E-state index contributed by atoms with van der Waals surface area (Å²) >= 11 is 0.194. The summed E-state index contributed by atoms with van der Waals surface area (Å²) in [5.74, 6) is -0.0304. The van der Waals surface area contributed by atoms with Crippen LogP contribution in [0, 0.1) is 0 Å². The summed E-state index contributed by atoms with van der Waals surface area (Å²) in [6.45, 7) is 3.06. The van der Waals surface area contributed by atoms with Crippen molar-refractivity contribution < 1.29 is 22.7 Å². The standard InChI is InChI=1S/C25H27N5O2.2ClH.Fe/c1-18(31)28(3)22-10-6-20(7-11-22)26-16-24-14-15-25(30(24)5)17-27-21-8-12-23(13-9-21)29(4)19(2)32;;;/h6-17H,1-5H3;2*1H;/q;;;+2/p-2. The summed E-state index contributed by atoms with van der Waals surface area (Å²) in [6.07, 6.45) is 3.60. The molecule has 0 aliphatic heterocycles. The van der Waals surface area contributed by atoms with Gasteiger partial charge in [-0.25, -0.2) is 0 Å². The molecule has 0 saturated heterocycles. The van der Waals surface area contributed by atoms with Gasteiger partial charge in [-0.3, -0.25) is 19.6 Å². The number of hydrogen-bond acceptors (Lipinski definition) is 4. The maximum atomic E-state index is 11.5. The van der Waals surface area contributed by atoms with Gasteiger partial charge in [-0.15, -0.1) is 0 Å². The zero-order valence-corrected chi connectivity index (χ0v) is 22.7. The van der Waals surface area contributed by atoms with E-state index in [1.807, 2.05) is 72.3 Å². The fourth-order valence-electron chi connectivity index (χ4n) is 2.97. The second kappa shape index (κ2) is 13.9. The molecule has 0 fully saturated rings. The monoisotopic (exact) mass is 555 g/mol. The molecule has 35 heavy (non-hydrogen) atoms. The molecule has 0 aliphatic rings. The quantitative estimate of drug-likeness (QED) is 0.282. The Balaban J connectivity index is 0.00000137. The average Bonchev–Trinajstić information content (AvgIpc) is 3.20. The second-order valence-corrected chi connectivity index (χ2v) is 9.32. The van der Waals surface area contributed by atoms with Crippen LogP contribution in [-0.4, -0.2) is 42.9 Å². The summed E-state index contributed by atoms with van der Waals surface area (Å²) < 4.78 is 2.00. The van der Waals surface area contributed by atoms with Gasteiger partial charge in [0.1, 0.15) is 0 Å². The Morgan fingerprint density at radius 2 is 1.06 bits per heavy atom. The third-order valence-corrected chi connectivity index (χ3v) is 5.31. The summed E-state index contributed by atoms with van der Waals surface area (Å²) in [5.41, 5.74) is 5.14. The van der Waals surface area contributed by atoms with E-state index >= 15 is 0 Å². The Hall–Kier alpha value is -2.90. The number of aliphatic imine (C=N–C) groups is 2. The Kier molecular flexibility index (Phi) is 11.2. The molecule has 7 nitrogen and oxygen atoms in total. The first-order chi connectivity index (χ1) is 16.7. The Labute approximate surface area is 220 Å². The second-order valence-electron chi connectivity index (χ2n) is 7.50. The number of nitrogens with zero attached hydrogens (tertiary/aromatic N) is 5. The van der Waals surface area contributed by atoms with Gasteiger partial charge in [-0.2, -0.15) is 0 Å². The van der Waals surface area contributed by atoms with Gasteiger partial charge in [0.25, 0.3) is 0 Å². The van der Waals surface area contributed by atoms with Crippen LogP contribution in [0.4, 0.5) is 22.7 Å². The minimum atomic E-state index is -0.0152. The Bertz CT molecular complexity index is 1100. The molecule has 0 radical (unpaired) electrons. The van der Waals surface area contributed by atoms with Gasteiger partial charge < -0.3 is 14.4 Å².